The summed E-state index contributed by atoms with van der Waals surface area (Å²) in [6, 6.07) is 3.76. The average Bonchev–Trinajstić information content (AvgIpc) is 3.15. The second-order valence-electron chi connectivity index (χ2n) is 5.11. The molecule has 3 heterocycles. The number of hydrogen-bond acceptors (Lipinski definition) is 5. The van der Waals surface area contributed by atoms with E-state index >= 15 is 0 Å². The van der Waals surface area contributed by atoms with Gasteiger partial charge >= 0.3 is 0 Å². The second-order valence-corrected chi connectivity index (χ2v) is 5.11. The molecule has 0 fully saturated rings. The summed E-state index contributed by atoms with van der Waals surface area (Å²) in [6.07, 6.45) is 5.51. The van der Waals surface area contributed by atoms with Crippen LogP contribution in [0.3, 0.4) is 0 Å². The Morgan fingerprint density at radius 3 is 2.91 bits per heavy atom. The monoisotopic (exact) mass is 301 g/mol. The van der Waals surface area contributed by atoms with Crippen molar-refractivity contribution >= 4 is 11.0 Å². The van der Waals surface area contributed by atoms with Crippen LogP contribution in [-0.4, -0.2) is 36.3 Å². The van der Waals surface area contributed by atoms with Crippen molar-refractivity contribution in [2.24, 2.45) is 0 Å². The predicted molar refractivity (Wildman–Crippen MR) is 81.5 cm³/mol. The summed E-state index contributed by atoms with van der Waals surface area (Å²) in [7, 11) is 0. The normalized spacial score (nSPS) is 12.9. The number of aromatic nitrogens is 5. The lowest BCUT2D eigenvalue weighted by Gasteiger charge is -2.12. The summed E-state index contributed by atoms with van der Waals surface area (Å²) in [5, 5.41) is 19.5. The van der Waals surface area contributed by atoms with Gasteiger partial charge in [0, 0.05) is 24.4 Å². The van der Waals surface area contributed by atoms with Gasteiger partial charge in [-0.05, 0) is 25.5 Å². The van der Waals surface area contributed by atoms with Gasteiger partial charge in [-0.25, -0.2) is 14.3 Å². The summed E-state index contributed by atoms with van der Waals surface area (Å²) >= 11 is 0. The standard InChI is InChI=1S/C15H19N5O2/c1-3-7-22-10-20-15-12(9-17-20)8-13(14(18-15)11(2)21)19-6-4-5-16-19/h4-6,8-9,11,21H,3,7,10H2,1-2H3/t11-/m1/s1. The number of ether oxygens (including phenoxy) is 1. The molecule has 0 aliphatic carbocycles. The molecule has 1 atom stereocenters. The number of aliphatic hydroxyl groups is 1. The van der Waals surface area contributed by atoms with E-state index in [1.807, 2.05) is 18.3 Å². The molecule has 1 N–H and O–H groups in total. The van der Waals surface area contributed by atoms with Crippen LogP contribution in [0.15, 0.2) is 30.7 Å². The van der Waals surface area contributed by atoms with Crippen molar-refractivity contribution in [1.82, 2.24) is 24.5 Å². The molecular formula is C15H19N5O2. The second kappa shape index (κ2) is 6.25. The van der Waals surface area contributed by atoms with E-state index in [2.05, 4.69) is 22.1 Å². The van der Waals surface area contributed by atoms with Crippen LogP contribution in [0.4, 0.5) is 0 Å². The van der Waals surface area contributed by atoms with E-state index in [-0.39, 0.29) is 0 Å². The van der Waals surface area contributed by atoms with Gasteiger partial charge in [-0.3, -0.25) is 0 Å². The molecule has 22 heavy (non-hydrogen) atoms. The fourth-order valence-corrected chi connectivity index (χ4v) is 2.30. The van der Waals surface area contributed by atoms with Gasteiger partial charge in [-0.2, -0.15) is 10.2 Å². The largest absolute Gasteiger partial charge is 0.387 e. The summed E-state index contributed by atoms with van der Waals surface area (Å²) in [6.45, 7) is 4.78. The highest BCUT2D eigenvalue weighted by Crippen LogP contribution is 2.24. The maximum Gasteiger partial charge on any atom is 0.160 e. The van der Waals surface area contributed by atoms with Crippen molar-refractivity contribution in [2.45, 2.75) is 33.1 Å². The zero-order valence-corrected chi connectivity index (χ0v) is 12.7. The molecule has 0 spiro atoms. The van der Waals surface area contributed by atoms with E-state index in [9.17, 15) is 5.11 Å². The van der Waals surface area contributed by atoms with Crippen molar-refractivity contribution in [3.8, 4) is 5.69 Å². The summed E-state index contributed by atoms with van der Waals surface area (Å²) < 4.78 is 8.91. The topological polar surface area (TPSA) is 78.0 Å². The first-order valence-corrected chi connectivity index (χ1v) is 7.33. The van der Waals surface area contributed by atoms with E-state index in [4.69, 9.17) is 4.74 Å². The molecule has 0 aromatic carbocycles. The van der Waals surface area contributed by atoms with Gasteiger partial charge in [0.1, 0.15) is 6.73 Å². The van der Waals surface area contributed by atoms with E-state index < -0.39 is 6.10 Å². The van der Waals surface area contributed by atoms with Gasteiger partial charge in [0.25, 0.3) is 0 Å². The van der Waals surface area contributed by atoms with Crippen molar-refractivity contribution in [1.29, 1.82) is 0 Å². The molecule has 3 rings (SSSR count). The van der Waals surface area contributed by atoms with Gasteiger partial charge in [0.05, 0.1) is 23.7 Å². The van der Waals surface area contributed by atoms with Gasteiger partial charge < -0.3 is 9.84 Å². The molecule has 0 radical (unpaired) electrons. The molecule has 7 nitrogen and oxygen atoms in total. The van der Waals surface area contributed by atoms with Gasteiger partial charge in [0.2, 0.25) is 0 Å². The number of aliphatic hydroxyl groups excluding tert-OH is 1. The molecule has 3 aromatic heterocycles. The minimum absolute atomic E-state index is 0.352. The zero-order valence-electron chi connectivity index (χ0n) is 12.7. The Morgan fingerprint density at radius 1 is 1.36 bits per heavy atom. The first kappa shape index (κ1) is 14.7. The van der Waals surface area contributed by atoms with Gasteiger partial charge in [-0.1, -0.05) is 6.92 Å². The lowest BCUT2D eigenvalue weighted by atomic mass is 10.2. The number of rotatable bonds is 6. The van der Waals surface area contributed by atoms with E-state index in [0.29, 0.717) is 24.7 Å². The first-order valence-electron chi connectivity index (χ1n) is 7.33. The summed E-state index contributed by atoms with van der Waals surface area (Å²) in [4.78, 5) is 4.58. The number of pyridine rings is 1. The minimum Gasteiger partial charge on any atom is -0.387 e. The number of hydrogen-bond donors (Lipinski definition) is 1. The Bertz CT molecular complexity index is 749. The molecule has 0 aliphatic heterocycles. The average molecular weight is 301 g/mol. The predicted octanol–water partition coefficient (Wildman–Crippen LogP) is 2.05. The van der Waals surface area contributed by atoms with Crippen LogP contribution in [0.25, 0.3) is 16.7 Å². The molecule has 3 aromatic rings. The summed E-state index contributed by atoms with van der Waals surface area (Å²) in [5.41, 5.74) is 2.01. The van der Waals surface area contributed by atoms with Crippen LogP contribution < -0.4 is 0 Å². The van der Waals surface area contributed by atoms with Crippen molar-refractivity contribution in [2.75, 3.05) is 6.61 Å². The number of fused-ring (bicyclic) bond motifs is 1. The molecule has 7 heteroatoms. The third kappa shape index (κ3) is 2.72. The van der Waals surface area contributed by atoms with E-state index in [1.54, 1.807) is 28.7 Å². The van der Waals surface area contributed by atoms with Crippen LogP contribution in [-0.2, 0) is 11.5 Å². The third-order valence-corrected chi connectivity index (χ3v) is 3.33. The van der Waals surface area contributed by atoms with Crippen LogP contribution in [0.1, 0.15) is 32.1 Å². The van der Waals surface area contributed by atoms with Crippen LogP contribution in [0.2, 0.25) is 0 Å². The smallest absolute Gasteiger partial charge is 0.160 e. The Kier molecular flexibility index (Phi) is 4.17. The highest BCUT2D eigenvalue weighted by atomic mass is 16.5. The van der Waals surface area contributed by atoms with E-state index in [0.717, 1.165) is 17.5 Å². The van der Waals surface area contributed by atoms with Crippen LogP contribution >= 0.6 is 0 Å². The van der Waals surface area contributed by atoms with Gasteiger partial charge in [-0.15, -0.1) is 0 Å². The quantitative estimate of drug-likeness (QED) is 0.705. The maximum absolute atomic E-state index is 10.0. The highest BCUT2D eigenvalue weighted by molar-refractivity contribution is 5.77. The Balaban J connectivity index is 2.05. The molecule has 0 saturated heterocycles. The lowest BCUT2D eigenvalue weighted by molar-refractivity contribution is 0.0718. The van der Waals surface area contributed by atoms with Gasteiger partial charge in [0.15, 0.2) is 5.65 Å². The first-order chi connectivity index (χ1) is 10.7. The van der Waals surface area contributed by atoms with Crippen LogP contribution in [0.5, 0.6) is 0 Å². The van der Waals surface area contributed by atoms with Crippen molar-refractivity contribution in [3.63, 3.8) is 0 Å². The molecular weight excluding hydrogens is 282 g/mol. The summed E-state index contributed by atoms with van der Waals surface area (Å²) in [5.74, 6) is 0. The molecule has 116 valence electrons. The Labute approximate surface area is 128 Å². The number of nitrogens with zero attached hydrogens (tertiary/aromatic N) is 5. The Hall–Kier alpha value is -2.25. The molecule has 0 saturated carbocycles. The Morgan fingerprint density at radius 2 is 2.23 bits per heavy atom. The molecule has 0 bridgehead atoms. The molecule has 0 amide bonds. The fraction of sp³-hybridized carbons (Fsp3) is 0.400. The minimum atomic E-state index is -0.705. The highest BCUT2D eigenvalue weighted by Gasteiger charge is 2.16. The lowest BCUT2D eigenvalue weighted by Crippen LogP contribution is -2.09. The van der Waals surface area contributed by atoms with E-state index in [1.165, 1.54) is 0 Å². The molecule has 0 aliphatic rings. The molecule has 0 unspecified atom stereocenters. The van der Waals surface area contributed by atoms with Crippen LogP contribution in [0, 0.1) is 0 Å². The SMILES string of the molecule is CCCOCn1ncc2cc(-n3cccn3)c([C@@H](C)O)nc21. The van der Waals surface area contributed by atoms with Crippen molar-refractivity contribution < 1.29 is 9.84 Å². The maximum atomic E-state index is 10.0. The fourth-order valence-electron chi connectivity index (χ4n) is 2.30. The van der Waals surface area contributed by atoms with Crippen molar-refractivity contribution in [3.05, 3.63) is 36.4 Å². The third-order valence-electron chi connectivity index (χ3n) is 3.33. The zero-order chi connectivity index (χ0) is 15.5.